The molecule has 0 aliphatic carbocycles. The van der Waals surface area contributed by atoms with Crippen molar-refractivity contribution in [2.24, 2.45) is 11.7 Å². The van der Waals surface area contributed by atoms with Crippen molar-refractivity contribution < 1.29 is 13.2 Å². The van der Waals surface area contributed by atoms with E-state index in [-0.39, 0.29) is 11.5 Å². The highest BCUT2D eigenvalue weighted by atomic mass is 19.2. The Morgan fingerprint density at radius 2 is 1.71 bits per heavy atom. The molecule has 1 aromatic carbocycles. The van der Waals surface area contributed by atoms with Crippen LogP contribution in [0.2, 0.25) is 0 Å². The van der Waals surface area contributed by atoms with Gasteiger partial charge >= 0.3 is 0 Å². The van der Waals surface area contributed by atoms with Gasteiger partial charge < -0.3 is 5.73 Å². The Bertz CT molecular complexity index is 379. The van der Waals surface area contributed by atoms with Crippen LogP contribution in [0.5, 0.6) is 0 Å². The number of halogens is 3. The molecule has 96 valence electrons. The molecule has 1 aromatic rings. The molecule has 1 nitrogen and oxygen atoms in total. The van der Waals surface area contributed by atoms with Crippen LogP contribution in [0.4, 0.5) is 13.2 Å². The molecule has 0 fully saturated rings. The quantitative estimate of drug-likeness (QED) is 0.781. The summed E-state index contributed by atoms with van der Waals surface area (Å²) in [6, 6.07) is 0.811. The number of unbranched alkanes of at least 4 members (excludes halogenated alkanes) is 1. The van der Waals surface area contributed by atoms with Crippen LogP contribution in [-0.4, -0.2) is 0 Å². The molecule has 0 aliphatic rings. The molecule has 2 N–H and O–H groups in total. The van der Waals surface area contributed by atoms with Gasteiger partial charge in [-0.15, -0.1) is 0 Å². The van der Waals surface area contributed by atoms with Gasteiger partial charge in [-0.3, -0.25) is 0 Å². The van der Waals surface area contributed by atoms with Crippen molar-refractivity contribution in [3.05, 3.63) is 35.1 Å². The van der Waals surface area contributed by atoms with E-state index in [1.54, 1.807) is 0 Å². The molecule has 0 spiro atoms. The van der Waals surface area contributed by atoms with Gasteiger partial charge in [0.05, 0.1) is 0 Å². The molecular formula is C13H18F3N. The van der Waals surface area contributed by atoms with Crippen LogP contribution in [0.1, 0.15) is 44.7 Å². The van der Waals surface area contributed by atoms with Gasteiger partial charge in [0.25, 0.3) is 0 Å². The van der Waals surface area contributed by atoms with Crippen molar-refractivity contribution in [3.63, 3.8) is 0 Å². The predicted octanol–water partition coefficient (Wildman–Crippen LogP) is 3.93. The molecule has 0 saturated heterocycles. The van der Waals surface area contributed by atoms with Gasteiger partial charge in [-0.2, -0.15) is 0 Å². The first-order valence-electron chi connectivity index (χ1n) is 5.87. The Morgan fingerprint density at radius 1 is 1.12 bits per heavy atom. The number of hydrogen-bond acceptors (Lipinski definition) is 1. The average molecular weight is 245 g/mol. The van der Waals surface area contributed by atoms with E-state index >= 15 is 0 Å². The summed E-state index contributed by atoms with van der Waals surface area (Å²) in [7, 11) is 0. The Kier molecular flexibility index (Phi) is 5.00. The largest absolute Gasteiger partial charge is 0.324 e. The van der Waals surface area contributed by atoms with Crippen molar-refractivity contribution in [2.45, 2.75) is 39.2 Å². The Morgan fingerprint density at radius 3 is 2.29 bits per heavy atom. The first kappa shape index (κ1) is 14.0. The lowest BCUT2D eigenvalue weighted by atomic mass is 9.91. The summed E-state index contributed by atoms with van der Waals surface area (Å²) < 4.78 is 39.3. The molecule has 0 bridgehead atoms. The predicted molar refractivity (Wildman–Crippen MR) is 61.9 cm³/mol. The van der Waals surface area contributed by atoms with Crippen LogP contribution < -0.4 is 5.73 Å². The van der Waals surface area contributed by atoms with Crippen molar-refractivity contribution >= 4 is 0 Å². The summed E-state index contributed by atoms with van der Waals surface area (Å²) in [5.74, 6) is -2.98. The zero-order chi connectivity index (χ0) is 13.0. The summed E-state index contributed by atoms with van der Waals surface area (Å²) in [4.78, 5) is 0. The summed E-state index contributed by atoms with van der Waals surface area (Å²) in [5.41, 5.74) is 5.92. The molecular weight excluding hydrogens is 227 g/mol. The van der Waals surface area contributed by atoms with Crippen LogP contribution in [0, 0.1) is 23.4 Å². The average Bonchev–Trinajstić information content (AvgIpc) is 2.29. The number of rotatable bonds is 5. The van der Waals surface area contributed by atoms with Crippen LogP contribution in [0.3, 0.4) is 0 Å². The maximum Gasteiger partial charge on any atom is 0.161 e. The molecule has 0 heterocycles. The fourth-order valence-electron chi connectivity index (χ4n) is 1.81. The third kappa shape index (κ3) is 3.46. The second-order valence-electron chi connectivity index (χ2n) is 4.43. The molecule has 4 heteroatoms. The molecule has 2 atom stereocenters. The molecule has 2 unspecified atom stereocenters. The molecule has 17 heavy (non-hydrogen) atoms. The van der Waals surface area contributed by atoms with Crippen LogP contribution in [-0.2, 0) is 0 Å². The van der Waals surface area contributed by atoms with E-state index in [1.807, 2.05) is 6.92 Å². The number of benzene rings is 1. The van der Waals surface area contributed by atoms with E-state index in [2.05, 4.69) is 6.92 Å². The normalized spacial score (nSPS) is 14.7. The SMILES string of the molecule is CCCCC(C)C(N)c1cc(F)c(F)cc1F. The summed E-state index contributed by atoms with van der Waals surface area (Å²) in [6.45, 7) is 3.94. The van der Waals surface area contributed by atoms with Crippen molar-refractivity contribution in [2.75, 3.05) is 0 Å². The zero-order valence-electron chi connectivity index (χ0n) is 10.1. The smallest absolute Gasteiger partial charge is 0.161 e. The maximum atomic E-state index is 13.5. The molecule has 1 rings (SSSR count). The Balaban J connectivity index is 2.88. The molecule has 0 aromatic heterocycles. The van der Waals surface area contributed by atoms with E-state index in [9.17, 15) is 13.2 Å². The van der Waals surface area contributed by atoms with Gasteiger partial charge in [0.2, 0.25) is 0 Å². The molecule has 0 saturated carbocycles. The lowest BCUT2D eigenvalue weighted by Gasteiger charge is -2.20. The van der Waals surface area contributed by atoms with Crippen LogP contribution >= 0.6 is 0 Å². The molecule has 0 amide bonds. The van der Waals surface area contributed by atoms with Gasteiger partial charge in [0.1, 0.15) is 5.82 Å². The lowest BCUT2D eigenvalue weighted by molar-refractivity contribution is 0.404. The lowest BCUT2D eigenvalue weighted by Crippen LogP contribution is -2.21. The fourth-order valence-corrected chi connectivity index (χ4v) is 1.81. The highest BCUT2D eigenvalue weighted by molar-refractivity contribution is 5.23. The standard InChI is InChI=1S/C13H18F3N/c1-3-4-5-8(2)13(17)9-6-11(15)12(16)7-10(9)14/h6-8,13H,3-5,17H2,1-2H3. The topological polar surface area (TPSA) is 26.0 Å². The fraction of sp³-hybridized carbons (Fsp3) is 0.538. The van der Waals surface area contributed by atoms with Gasteiger partial charge in [0.15, 0.2) is 11.6 Å². The first-order chi connectivity index (χ1) is 7.97. The van der Waals surface area contributed by atoms with E-state index in [0.717, 1.165) is 25.3 Å². The number of nitrogens with two attached hydrogens (primary N) is 1. The van der Waals surface area contributed by atoms with Gasteiger partial charge in [0, 0.05) is 17.7 Å². The third-order valence-electron chi connectivity index (χ3n) is 3.02. The molecule has 0 radical (unpaired) electrons. The summed E-state index contributed by atoms with van der Waals surface area (Å²) in [5, 5.41) is 0. The second-order valence-corrected chi connectivity index (χ2v) is 4.43. The van der Waals surface area contributed by atoms with Crippen molar-refractivity contribution in [3.8, 4) is 0 Å². The van der Waals surface area contributed by atoms with Crippen LogP contribution in [0.15, 0.2) is 12.1 Å². The van der Waals surface area contributed by atoms with Gasteiger partial charge in [-0.1, -0.05) is 26.7 Å². The van der Waals surface area contributed by atoms with E-state index in [4.69, 9.17) is 5.73 Å². The van der Waals surface area contributed by atoms with Crippen LogP contribution in [0.25, 0.3) is 0 Å². The highest BCUT2D eigenvalue weighted by Gasteiger charge is 2.20. The monoisotopic (exact) mass is 245 g/mol. The van der Waals surface area contributed by atoms with Crippen molar-refractivity contribution in [1.82, 2.24) is 0 Å². The van der Waals surface area contributed by atoms with E-state index < -0.39 is 23.5 Å². The highest BCUT2D eigenvalue weighted by Crippen LogP contribution is 2.27. The second kappa shape index (κ2) is 6.05. The minimum absolute atomic E-state index is 0.0364. The first-order valence-corrected chi connectivity index (χ1v) is 5.87. The summed E-state index contributed by atoms with van der Waals surface area (Å²) >= 11 is 0. The van der Waals surface area contributed by atoms with Crippen molar-refractivity contribution in [1.29, 1.82) is 0 Å². The third-order valence-corrected chi connectivity index (χ3v) is 3.02. The maximum absolute atomic E-state index is 13.5. The Hall–Kier alpha value is -1.03. The van der Waals surface area contributed by atoms with E-state index in [0.29, 0.717) is 6.07 Å². The minimum atomic E-state index is -1.18. The minimum Gasteiger partial charge on any atom is -0.324 e. The van der Waals surface area contributed by atoms with E-state index in [1.165, 1.54) is 0 Å². The molecule has 0 aliphatic heterocycles. The zero-order valence-corrected chi connectivity index (χ0v) is 10.1. The van der Waals surface area contributed by atoms with Gasteiger partial charge in [-0.05, 0) is 18.4 Å². The summed E-state index contributed by atoms with van der Waals surface area (Å²) in [6.07, 6.45) is 2.85. The van der Waals surface area contributed by atoms with Gasteiger partial charge in [-0.25, -0.2) is 13.2 Å². The Labute approximate surface area is 99.8 Å². The number of hydrogen-bond donors (Lipinski definition) is 1.